The fourth-order valence-corrected chi connectivity index (χ4v) is 2.79. The van der Waals surface area contributed by atoms with Gasteiger partial charge >= 0.3 is 5.97 Å². The van der Waals surface area contributed by atoms with Crippen LogP contribution in [0.3, 0.4) is 0 Å². The summed E-state index contributed by atoms with van der Waals surface area (Å²) in [7, 11) is 1.27. The molecule has 0 spiro atoms. The van der Waals surface area contributed by atoms with Crippen LogP contribution < -0.4 is 10.6 Å². The van der Waals surface area contributed by atoms with Gasteiger partial charge < -0.3 is 20.5 Å². The number of nitrogens with zero attached hydrogens (tertiary/aromatic N) is 3. The monoisotopic (exact) mass is 423 g/mol. The molecular formula is C21H21N5O5. The van der Waals surface area contributed by atoms with Gasteiger partial charge in [0.1, 0.15) is 5.75 Å². The molecule has 2 aromatic carbocycles. The molecule has 0 aliphatic rings. The Morgan fingerprint density at radius 1 is 1.16 bits per heavy atom. The molecule has 31 heavy (non-hydrogen) atoms. The zero-order chi connectivity index (χ0) is 22.4. The van der Waals surface area contributed by atoms with E-state index in [0.29, 0.717) is 30.0 Å². The third-order valence-corrected chi connectivity index (χ3v) is 4.33. The van der Waals surface area contributed by atoms with Crippen molar-refractivity contribution in [3.63, 3.8) is 0 Å². The zero-order valence-corrected chi connectivity index (χ0v) is 17.0. The fraction of sp³-hybridized carbons (Fsp3) is 0.190. The smallest absolute Gasteiger partial charge is 0.337 e. The molecular weight excluding hydrogens is 402 g/mol. The largest absolute Gasteiger partial charge is 0.507 e. The summed E-state index contributed by atoms with van der Waals surface area (Å²) >= 11 is 0. The number of ether oxygens (including phenoxy) is 1. The summed E-state index contributed by atoms with van der Waals surface area (Å²) in [6.45, 7) is 1.87. The molecule has 0 fully saturated rings. The van der Waals surface area contributed by atoms with Gasteiger partial charge in [-0.1, -0.05) is 11.3 Å². The minimum atomic E-state index is -0.563. The Kier molecular flexibility index (Phi) is 6.61. The second-order valence-corrected chi connectivity index (χ2v) is 6.62. The number of hydrogen-bond acceptors (Lipinski definition) is 7. The summed E-state index contributed by atoms with van der Waals surface area (Å²) in [5, 5.41) is 23.6. The summed E-state index contributed by atoms with van der Waals surface area (Å²) in [4.78, 5) is 35.3. The quantitative estimate of drug-likeness (QED) is 0.492. The van der Waals surface area contributed by atoms with Crippen LogP contribution >= 0.6 is 0 Å². The number of methoxy groups -OCH3 is 1. The number of aromatic hydroxyl groups is 1. The standard InChI is InChI=1S/C21H21N5O5/c1-13(27)22-9-8-16-12-26(25-24-16)17-6-7-19(28)18(11-17)20(29)23-15-5-3-4-14(10-15)21(30)31-2/h3-7,10-12,28H,8-9H2,1-2H3,(H,22,27)(H,23,29). The Balaban J connectivity index is 1.77. The highest BCUT2D eigenvalue weighted by Crippen LogP contribution is 2.22. The number of esters is 1. The highest BCUT2D eigenvalue weighted by Gasteiger charge is 2.15. The SMILES string of the molecule is COC(=O)c1cccc(NC(=O)c2cc(-n3cc(CCNC(C)=O)nn3)ccc2O)c1. The third kappa shape index (κ3) is 5.44. The third-order valence-electron chi connectivity index (χ3n) is 4.33. The number of anilines is 1. The Hall–Kier alpha value is -4.21. The van der Waals surface area contributed by atoms with Crippen molar-refractivity contribution in [3.05, 3.63) is 65.5 Å². The number of rotatable bonds is 7. The van der Waals surface area contributed by atoms with Crippen molar-refractivity contribution in [2.75, 3.05) is 19.0 Å². The molecule has 0 atom stereocenters. The molecule has 10 nitrogen and oxygen atoms in total. The van der Waals surface area contributed by atoms with Crippen LogP contribution in [0.1, 0.15) is 33.3 Å². The number of carbonyl (C=O) groups is 3. The Bertz CT molecular complexity index is 1120. The lowest BCUT2D eigenvalue weighted by atomic mass is 10.1. The summed E-state index contributed by atoms with van der Waals surface area (Å²) in [6, 6.07) is 10.7. The van der Waals surface area contributed by atoms with Crippen LogP contribution in [-0.4, -0.2) is 51.5 Å². The van der Waals surface area contributed by atoms with Crippen molar-refractivity contribution in [2.24, 2.45) is 0 Å². The van der Waals surface area contributed by atoms with Crippen LogP contribution in [0.5, 0.6) is 5.75 Å². The first-order valence-electron chi connectivity index (χ1n) is 9.36. The molecule has 0 aliphatic heterocycles. The molecule has 10 heteroatoms. The van der Waals surface area contributed by atoms with E-state index in [2.05, 4.69) is 25.7 Å². The van der Waals surface area contributed by atoms with E-state index in [1.165, 1.54) is 36.9 Å². The summed E-state index contributed by atoms with van der Waals surface area (Å²) in [5.74, 6) is -1.43. The number of hydrogen-bond donors (Lipinski definition) is 3. The number of nitrogens with one attached hydrogen (secondary N) is 2. The number of phenolic OH excluding ortho intramolecular Hbond substituents is 1. The average Bonchev–Trinajstić information content (AvgIpc) is 3.22. The first kappa shape index (κ1) is 21.5. The van der Waals surface area contributed by atoms with Crippen molar-refractivity contribution < 1.29 is 24.2 Å². The predicted molar refractivity (Wildman–Crippen MR) is 111 cm³/mol. The van der Waals surface area contributed by atoms with Crippen LogP contribution in [0.2, 0.25) is 0 Å². The zero-order valence-electron chi connectivity index (χ0n) is 17.0. The first-order valence-corrected chi connectivity index (χ1v) is 9.36. The summed E-state index contributed by atoms with van der Waals surface area (Å²) in [5.41, 5.74) is 1.86. The normalized spacial score (nSPS) is 10.4. The van der Waals surface area contributed by atoms with E-state index >= 15 is 0 Å². The Morgan fingerprint density at radius 3 is 2.71 bits per heavy atom. The van der Waals surface area contributed by atoms with E-state index in [9.17, 15) is 19.5 Å². The van der Waals surface area contributed by atoms with Crippen LogP contribution in [0.15, 0.2) is 48.7 Å². The summed E-state index contributed by atoms with van der Waals surface area (Å²) in [6.07, 6.45) is 2.18. The second kappa shape index (κ2) is 9.53. The van der Waals surface area contributed by atoms with Gasteiger partial charge in [-0.25, -0.2) is 9.48 Å². The molecule has 2 amide bonds. The van der Waals surface area contributed by atoms with Crippen LogP contribution in [0.4, 0.5) is 5.69 Å². The van der Waals surface area contributed by atoms with Crippen molar-refractivity contribution in [1.29, 1.82) is 0 Å². The fourth-order valence-electron chi connectivity index (χ4n) is 2.79. The molecule has 1 aromatic heterocycles. The van der Waals surface area contributed by atoms with E-state index in [4.69, 9.17) is 0 Å². The van der Waals surface area contributed by atoms with Crippen LogP contribution in [0.25, 0.3) is 5.69 Å². The van der Waals surface area contributed by atoms with Crippen molar-refractivity contribution in [2.45, 2.75) is 13.3 Å². The molecule has 3 rings (SSSR count). The van der Waals surface area contributed by atoms with Crippen LogP contribution in [0, 0.1) is 0 Å². The Morgan fingerprint density at radius 2 is 1.97 bits per heavy atom. The average molecular weight is 423 g/mol. The molecule has 0 aliphatic carbocycles. The van der Waals surface area contributed by atoms with Gasteiger partial charge in [-0.05, 0) is 36.4 Å². The summed E-state index contributed by atoms with van der Waals surface area (Å²) < 4.78 is 6.14. The number of phenols is 1. The van der Waals surface area contributed by atoms with E-state index in [-0.39, 0.29) is 22.8 Å². The lowest BCUT2D eigenvalue weighted by Gasteiger charge is -2.09. The van der Waals surface area contributed by atoms with Gasteiger partial charge in [-0.15, -0.1) is 5.10 Å². The molecule has 3 aromatic rings. The van der Waals surface area contributed by atoms with Crippen molar-refractivity contribution in [3.8, 4) is 11.4 Å². The van der Waals surface area contributed by atoms with Crippen LogP contribution in [-0.2, 0) is 16.0 Å². The highest BCUT2D eigenvalue weighted by atomic mass is 16.5. The van der Waals surface area contributed by atoms with Gasteiger partial charge in [0.2, 0.25) is 5.91 Å². The number of carbonyl (C=O) groups excluding carboxylic acids is 3. The highest BCUT2D eigenvalue weighted by molar-refractivity contribution is 6.07. The van der Waals surface area contributed by atoms with Gasteiger partial charge in [0.25, 0.3) is 5.91 Å². The van der Waals surface area contributed by atoms with E-state index < -0.39 is 11.9 Å². The molecule has 160 valence electrons. The van der Waals surface area contributed by atoms with Gasteiger partial charge in [0.15, 0.2) is 0 Å². The van der Waals surface area contributed by atoms with E-state index in [1.807, 2.05) is 0 Å². The molecule has 3 N–H and O–H groups in total. The molecule has 0 saturated carbocycles. The van der Waals surface area contributed by atoms with Gasteiger partial charge in [0, 0.05) is 25.6 Å². The number of benzene rings is 2. The molecule has 0 unspecified atom stereocenters. The topological polar surface area (TPSA) is 135 Å². The maximum absolute atomic E-state index is 12.7. The lowest BCUT2D eigenvalue weighted by Crippen LogP contribution is -2.22. The van der Waals surface area contributed by atoms with Gasteiger partial charge in [-0.3, -0.25) is 9.59 Å². The van der Waals surface area contributed by atoms with Gasteiger partial charge in [0.05, 0.1) is 35.8 Å². The number of aromatic nitrogens is 3. The first-order chi connectivity index (χ1) is 14.9. The predicted octanol–water partition coefficient (Wildman–Crippen LogP) is 1.69. The minimum Gasteiger partial charge on any atom is -0.507 e. The van der Waals surface area contributed by atoms with E-state index in [1.54, 1.807) is 30.5 Å². The van der Waals surface area contributed by atoms with Gasteiger partial charge in [-0.2, -0.15) is 0 Å². The van der Waals surface area contributed by atoms with Crippen molar-refractivity contribution >= 4 is 23.5 Å². The molecule has 0 saturated heterocycles. The maximum atomic E-state index is 12.7. The molecule has 0 bridgehead atoms. The Labute approximate surface area is 177 Å². The second-order valence-electron chi connectivity index (χ2n) is 6.62. The van der Waals surface area contributed by atoms with Crippen molar-refractivity contribution in [1.82, 2.24) is 20.3 Å². The minimum absolute atomic E-state index is 0.0243. The lowest BCUT2D eigenvalue weighted by molar-refractivity contribution is -0.118. The van der Waals surface area contributed by atoms with E-state index in [0.717, 1.165) is 0 Å². The number of amides is 2. The molecule has 0 radical (unpaired) electrons. The molecule has 1 heterocycles. The maximum Gasteiger partial charge on any atom is 0.337 e.